The molecule has 0 fully saturated rings. The van der Waals surface area contributed by atoms with Gasteiger partial charge in [0.15, 0.2) is 0 Å². The van der Waals surface area contributed by atoms with Crippen LogP contribution in [0.5, 0.6) is 11.5 Å². The molecule has 1 heterocycles. The molecule has 0 radical (unpaired) electrons. The molecule has 1 aromatic heterocycles. The maximum atomic E-state index is 12.5. The average Bonchev–Trinajstić information content (AvgIpc) is 2.99. The van der Waals surface area contributed by atoms with Gasteiger partial charge in [-0.3, -0.25) is 9.69 Å². The summed E-state index contributed by atoms with van der Waals surface area (Å²) < 4.78 is 12.5. The fraction of sp³-hybridized carbons (Fsp3) is 0.389. The Labute approximate surface area is 143 Å². The van der Waals surface area contributed by atoms with Gasteiger partial charge in [0.2, 0.25) is 0 Å². The van der Waals surface area contributed by atoms with Gasteiger partial charge in [0, 0.05) is 31.5 Å². The first-order valence-corrected chi connectivity index (χ1v) is 7.75. The van der Waals surface area contributed by atoms with Crippen molar-refractivity contribution in [1.82, 2.24) is 14.8 Å². The van der Waals surface area contributed by atoms with Crippen LogP contribution in [0.25, 0.3) is 0 Å². The molecule has 0 bridgehead atoms. The van der Waals surface area contributed by atoms with E-state index in [0.29, 0.717) is 23.6 Å². The van der Waals surface area contributed by atoms with Crippen molar-refractivity contribution >= 4 is 5.91 Å². The molecule has 1 unspecified atom stereocenters. The number of carbonyl (C=O) groups is 1. The maximum Gasteiger partial charge on any atom is 0.255 e. The molecule has 24 heavy (non-hydrogen) atoms. The van der Waals surface area contributed by atoms with Gasteiger partial charge >= 0.3 is 0 Å². The SMILES string of the molecule is COc1ccc(C(=O)NCC(c2cccn2C)N(C)C)c(OC)c1. The van der Waals surface area contributed by atoms with Crippen molar-refractivity contribution in [2.75, 3.05) is 34.9 Å². The quantitative estimate of drug-likeness (QED) is 0.844. The summed E-state index contributed by atoms with van der Waals surface area (Å²) in [5.74, 6) is 0.973. The van der Waals surface area contributed by atoms with E-state index in [1.54, 1.807) is 25.3 Å². The summed E-state index contributed by atoms with van der Waals surface area (Å²) in [5.41, 5.74) is 1.63. The van der Waals surface area contributed by atoms with E-state index >= 15 is 0 Å². The first-order chi connectivity index (χ1) is 11.5. The Morgan fingerprint density at radius 3 is 2.54 bits per heavy atom. The molecule has 2 aromatic rings. The number of hydrogen-bond acceptors (Lipinski definition) is 4. The van der Waals surface area contributed by atoms with Crippen LogP contribution in [0, 0.1) is 0 Å². The van der Waals surface area contributed by atoms with Crippen molar-refractivity contribution in [1.29, 1.82) is 0 Å². The fourth-order valence-electron chi connectivity index (χ4n) is 2.64. The molecule has 6 heteroatoms. The highest BCUT2D eigenvalue weighted by Gasteiger charge is 2.19. The molecule has 1 N–H and O–H groups in total. The van der Waals surface area contributed by atoms with Crippen molar-refractivity contribution in [2.24, 2.45) is 7.05 Å². The Balaban J connectivity index is 2.13. The van der Waals surface area contributed by atoms with E-state index in [1.165, 1.54) is 7.11 Å². The number of hydrogen-bond donors (Lipinski definition) is 1. The molecular formula is C18H25N3O3. The number of rotatable bonds is 7. The summed E-state index contributed by atoms with van der Waals surface area (Å²) in [6.45, 7) is 0.499. The Kier molecular flexibility index (Phi) is 5.87. The smallest absolute Gasteiger partial charge is 0.255 e. The molecule has 1 amide bonds. The van der Waals surface area contributed by atoms with E-state index in [1.807, 2.05) is 33.4 Å². The van der Waals surface area contributed by atoms with Crippen LogP contribution in [0.3, 0.4) is 0 Å². The Morgan fingerprint density at radius 1 is 1.25 bits per heavy atom. The standard InChI is InChI=1S/C18H25N3O3/c1-20(2)16(15-7-6-10-21(15)3)12-19-18(22)14-9-8-13(23-4)11-17(14)24-5/h6-11,16H,12H2,1-5H3,(H,19,22). The number of carbonyl (C=O) groups excluding carboxylic acids is 1. The number of ether oxygens (including phenoxy) is 2. The molecule has 1 aromatic carbocycles. The van der Waals surface area contributed by atoms with Crippen LogP contribution in [0.4, 0.5) is 0 Å². The van der Waals surface area contributed by atoms with Gasteiger partial charge in [-0.05, 0) is 38.4 Å². The number of aromatic nitrogens is 1. The Bertz CT molecular complexity index is 695. The van der Waals surface area contributed by atoms with E-state index in [2.05, 4.69) is 20.9 Å². The van der Waals surface area contributed by atoms with Gasteiger partial charge in [-0.2, -0.15) is 0 Å². The number of nitrogens with zero attached hydrogens (tertiary/aromatic N) is 2. The second kappa shape index (κ2) is 7.88. The number of benzene rings is 1. The van der Waals surface area contributed by atoms with Crippen LogP contribution in [0.2, 0.25) is 0 Å². The van der Waals surface area contributed by atoms with Gasteiger partial charge in [-0.15, -0.1) is 0 Å². The Hall–Kier alpha value is -2.47. The predicted molar refractivity (Wildman–Crippen MR) is 93.7 cm³/mol. The molecule has 0 spiro atoms. The second-order valence-electron chi connectivity index (χ2n) is 5.80. The molecule has 0 aliphatic heterocycles. The molecule has 0 saturated heterocycles. The number of amides is 1. The van der Waals surface area contributed by atoms with Crippen molar-refractivity contribution < 1.29 is 14.3 Å². The summed E-state index contributed by atoms with van der Waals surface area (Å²) in [6, 6.07) is 9.30. The fourth-order valence-corrected chi connectivity index (χ4v) is 2.64. The molecule has 1 atom stereocenters. The lowest BCUT2D eigenvalue weighted by Crippen LogP contribution is -2.35. The van der Waals surface area contributed by atoms with E-state index < -0.39 is 0 Å². The summed E-state index contributed by atoms with van der Waals surface area (Å²) in [4.78, 5) is 14.6. The number of methoxy groups -OCH3 is 2. The molecule has 2 rings (SSSR count). The van der Waals surface area contributed by atoms with Crippen molar-refractivity contribution in [3.05, 3.63) is 47.8 Å². The summed E-state index contributed by atoms with van der Waals surface area (Å²) in [5, 5.41) is 2.99. The highest BCUT2D eigenvalue weighted by atomic mass is 16.5. The van der Waals surface area contributed by atoms with Crippen LogP contribution >= 0.6 is 0 Å². The lowest BCUT2D eigenvalue weighted by atomic mass is 10.1. The normalized spacial score (nSPS) is 12.1. The van der Waals surface area contributed by atoms with Gasteiger partial charge in [-0.25, -0.2) is 0 Å². The molecule has 0 aliphatic rings. The number of nitrogens with one attached hydrogen (secondary N) is 1. The minimum Gasteiger partial charge on any atom is -0.497 e. The average molecular weight is 331 g/mol. The minimum atomic E-state index is -0.171. The zero-order chi connectivity index (χ0) is 17.7. The first kappa shape index (κ1) is 17.9. The van der Waals surface area contributed by atoms with E-state index in [-0.39, 0.29) is 11.9 Å². The van der Waals surface area contributed by atoms with E-state index in [9.17, 15) is 4.79 Å². The van der Waals surface area contributed by atoms with E-state index in [0.717, 1.165) is 5.69 Å². The van der Waals surface area contributed by atoms with Crippen LogP contribution in [-0.4, -0.2) is 50.2 Å². The highest BCUT2D eigenvalue weighted by Crippen LogP contribution is 2.25. The lowest BCUT2D eigenvalue weighted by molar-refractivity contribution is 0.0938. The summed E-state index contributed by atoms with van der Waals surface area (Å²) in [6.07, 6.45) is 2.00. The highest BCUT2D eigenvalue weighted by molar-refractivity contribution is 5.97. The first-order valence-electron chi connectivity index (χ1n) is 7.75. The van der Waals surface area contributed by atoms with Gasteiger partial charge in [0.05, 0.1) is 25.8 Å². The summed E-state index contributed by atoms with van der Waals surface area (Å²) >= 11 is 0. The molecule has 130 valence electrons. The zero-order valence-corrected chi connectivity index (χ0v) is 14.9. The monoisotopic (exact) mass is 331 g/mol. The Morgan fingerprint density at radius 2 is 2.00 bits per heavy atom. The number of likely N-dealkylation sites (N-methyl/N-ethyl adjacent to an activating group) is 1. The van der Waals surface area contributed by atoms with Gasteiger partial charge < -0.3 is 19.4 Å². The van der Waals surface area contributed by atoms with Gasteiger partial charge in [-0.1, -0.05) is 0 Å². The van der Waals surface area contributed by atoms with Gasteiger partial charge in [0.1, 0.15) is 11.5 Å². The van der Waals surface area contributed by atoms with Crippen LogP contribution in [0.15, 0.2) is 36.5 Å². The minimum absolute atomic E-state index is 0.0817. The van der Waals surface area contributed by atoms with Crippen molar-refractivity contribution in [3.8, 4) is 11.5 Å². The third-order valence-corrected chi connectivity index (χ3v) is 4.06. The maximum absolute atomic E-state index is 12.5. The zero-order valence-electron chi connectivity index (χ0n) is 14.9. The topological polar surface area (TPSA) is 55.7 Å². The molecule has 0 aliphatic carbocycles. The molecular weight excluding hydrogens is 306 g/mol. The third-order valence-electron chi connectivity index (χ3n) is 4.06. The van der Waals surface area contributed by atoms with Crippen molar-refractivity contribution in [3.63, 3.8) is 0 Å². The molecule has 6 nitrogen and oxygen atoms in total. The largest absolute Gasteiger partial charge is 0.497 e. The summed E-state index contributed by atoms with van der Waals surface area (Å²) in [7, 11) is 9.12. The van der Waals surface area contributed by atoms with Crippen LogP contribution < -0.4 is 14.8 Å². The third kappa shape index (κ3) is 3.89. The molecule has 0 saturated carbocycles. The second-order valence-corrected chi connectivity index (χ2v) is 5.80. The van der Waals surface area contributed by atoms with Gasteiger partial charge in [0.25, 0.3) is 5.91 Å². The van der Waals surface area contributed by atoms with E-state index in [4.69, 9.17) is 9.47 Å². The van der Waals surface area contributed by atoms with Crippen molar-refractivity contribution in [2.45, 2.75) is 6.04 Å². The van der Waals surface area contributed by atoms with Crippen LogP contribution in [0.1, 0.15) is 22.1 Å². The lowest BCUT2D eigenvalue weighted by Gasteiger charge is -2.25. The predicted octanol–water partition coefficient (Wildman–Crippen LogP) is 2.08. The van der Waals surface area contributed by atoms with Crippen LogP contribution in [-0.2, 0) is 7.05 Å². The number of aryl methyl sites for hydroxylation is 1.